The van der Waals surface area contributed by atoms with Crippen LogP contribution in [0.25, 0.3) is 0 Å². The van der Waals surface area contributed by atoms with Crippen molar-refractivity contribution >= 4 is 23.6 Å². The third-order valence-corrected chi connectivity index (χ3v) is 7.68. The molecule has 9 nitrogen and oxygen atoms in total. The van der Waals surface area contributed by atoms with E-state index in [-0.39, 0.29) is 42.1 Å². The van der Waals surface area contributed by atoms with E-state index in [9.17, 15) is 19.2 Å². The first kappa shape index (κ1) is 24.9. The van der Waals surface area contributed by atoms with Crippen molar-refractivity contribution in [3.63, 3.8) is 0 Å². The van der Waals surface area contributed by atoms with Gasteiger partial charge in [0.1, 0.15) is 0 Å². The monoisotopic (exact) mass is 481 g/mol. The molecule has 188 valence electrons. The molecule has 2 atom stereocenters. The molecule has 0 radical (unpaired) electrons. The van der Waals surface area contributed by atoms with E-state index in [0.717, 1.165) is 12.0 Å². The van der Waals surface area contributed by atoms with Crippen LogP contribution >= 0.6 is 0 Å². The first-order chi connectivity index (χ1) is 16.9. The summed E-state index contributed by atoms with van der Waals surface area (Å²) in [4.78, 5) is 58.2. The Balaban J connectivity index is 1.43. The summed E-state index contributed by atoms with van der Waals surface area (Å²) in [5, 5.41) is 5.94. The minimum atomic E-state index is -0.611. The van der Waals surface area contributed by atoms with E-state index in [0.29, 0.717) is 58.3 Å². The van der Waals surface area contributed by atoms with Crippen molar-refractivity contribution in [2.75, 3.05) is 32.7 Å². The van der Waals surface area contributed by atoms with Crippen LogP contribution in [0.2, 0.25) is 0 Å². The number of likely N-dealkylation sites (tertiary alicyclic amines) is 2. The fourth-order valence-electron chi connectivity index (χ4n) is 5.44. The molecule has 2 saturated heterocycles. The lowest BCUT2D eigenvalue weighted by atomic mass is 9.74. The van der Waals surface area contributed by atoms with Crippen molar-refractivity contribution in [2.45, 2.75) is 51.5 Å². The number of carbonyl (C=O) groups is 4. The molecule has 4 heterocycles. The number of carbonyl (C=O) groups excluding carboxylic acids is 4. The highest BCUT2D eigenvalue weighted by Gasteiger charge is 2.41. The van der Waals surface area contributed by atoms with E-state index >= 15 is 0 Å². The predicted molar refractivity (Wildman–Crippen MR) is 130 cm³/mol. The third kappa shape index (κ3) is 6.07. The summed E-state index contributed by atoms with van der Waals surface area (Å²) in [6, 6.07) is 3.69. The smallest absolute Gasteiger partial charge is 0.239 e. The van der Waals surface area contributed by atoms with Crippen LogP contribution < -0.4 is 10.6 Å². The third-order valence-electron chi connectivity index (χ3n) is 7.68. The van der Waals surface area contributed by atoms with Crippen molar-refractivity contribution in [1.82, 2.24) is 25.4 Å². The lowest BCUT2D eigenvalue weighted by Crippen LogP contribution is -2.55. The summed E-state index contributed by atoms with van der Waals surface area (Å²) in [6.45, 7) is 3.75. The first-order valence-electron chi connectivity index (χ1n) is 12.5. The predicted octanol–water partition coefficient (Wildman–Crippen LogP) is 1.05. The number of allylic oxidation sites excluding steroid dienone is 2. The van der Waals surface area contributed by atoms with Gasteiger partial charge >= 0.3 is 0 Å². The van der Waals surface area contributed by atoms with Gasteiger partial charge in [0.15, 0.2) is 0 Å². The highest BCUT2D eigenvalue weighted by molar-refractivity contribution is 5.88. The van der Waals surface area contributed by atoms with Crippen molar-refractivity contribution in [3.8, 4) is 0 Å². The number of amides is 4. The number of piperidine rings is 2. The van der Waals surface area contributed by atoms with Crippen LogP contribution in [0.3, 0.4) is 0 Å². The number of fused-ring (bicyclic) bond motifs is 1. The molecule has 3 aliphatic rings. The molecule has 35 heavy (non-hydrogen) atoms. The van der Waals surface area contributed by atoms with Gasteiger partial charge in [-0.2, -0.15) is 0 Å². The maximum Gasteiger partial charge on any atom is 0.239 e. The molecular formula is C26H35N5O4. The number of hydrogen-bond donors (Lipinski definition) is 2. The highest BCUT2D eigenvalue weighted by Crippen LogP contribution is 2.36. The van der Waals surface area contributed by atoms with Gasteiger partial charge in [-0.1, -0.05) is 18.2 Å². The molecule has 9 heteroatoms. The minimum Gasteiger partial charge on any atom is -0.351 e. The Labute approximate surface area is 206 Å². The zero-order valence-electron chi connectivity index (χ0n) is 20.4. The molecule has 0 saturated carbocycles. The van der Waals surface area contributed by atoms with E-state index in [1.807, 2.05) is 17.0 Å². The lowest BCUT2D eigenvalue weighted by Gasteiger charge is -2.41. The second kappa shape index (κ2) is 11.0. The number of rotatable bonds is 2. The largest absolute Gasteiger partial charge is 0.351 e. The van der Waals surface area contributed by atoms with Gasteiger partial charge in [-0.3, -0.25) is 24.2 Å². The van der Waals surface area contributed by atoms with Gasteiger partial charge in [0, 0.05) is 57.5 Å². The van der Waals surface area contributed by atoms with Gasteiger partial charge in [-0.05, 0) is 43.7 Å². The van der Waals surface area contributed by atoms with Crippen LogP contribution in [0, 0.1) is 11.3 Å². The van der Waals surface area contributed by atoms with E-state index < -0.39 is 5.41 Å². The molecule has 1 aromatic rings. The lowest BCUT2D eigenvalue weighted by molar-refractivity contribution is -0.140. The molecule has 0 aliphatic carbocycles. The minimum absolute atomic E-state index is 0.0225. The second-order valence-corrected chi connectivity index (χ2v) is 9.98. The fourth-order valence-corrected chi connectivity index (χ4v) is 5.44. The summed E-state index contributed by atoms with van der Waals surface area (Å²) in [7, 11) is 0. The molecule has 2 fully saturated rings. The van der Waals surface area contributed by atoms with Gasteiger partial charge in [-0.25, -0.2) is 0 Å². The van der Waals surface area contributed by atoms with Gasteiger partial charge < -0.3 is 20.4 Å². The van der Waals surface area contributed by atoms with E-state index in [1.54, 1.807) is 24.2 Å². The topological polar surface area (TPSA) is 112 Å². The van der Waals surface area contributed by atoms with Gasteiger partial charge in [0.25, 0.3) is 0 Å². The zero-order chi connectivity index (χ0) is 24.8. The van der Waals surface area contributed by atoms with Crippen LogP contribution in [0.4, 0.5) is 0 Å². The van der Waals surface area contributed by atoms with E-state index in [1.165, 1.54) is 0 Å². The number of pyridine rings is 1. The van der Waals surface area contributed by atoms with Gasteiger partial charge in [-0.15, -0.1) is 0 Å². The SMILES string of the molecule is CC(=O)N1CCC2(C/C=C/C[C@H]3CN(C(=O)Cc4cccnc4)CC[C@H]3NC(=O)CNC2=O)CC1. The molecule has 0 unspecified atom stereocenters. The maximum atomic E-state index is 13.1. The average molecular weight is 482 g/mol. The summed E-state index contributed by atoms with van der Waals surface area (Å²) in [6.07, 6.45) is 11.0. The molecule has 4 rings (SSSR count). The van der Waals surface area contributed by atoms with Crippen molar-refractivity contribution in [3.05, 3.63) is 42.2 Å². The zero-order valence-corrected chi connectivity index (χ0v) is 20.4. The highest BCUT2D eigenvalue weighted by atomic mass is 16.2. The number of hydrogen-bond acceptors (Lipinski definition) is 5. The second-order valence-electron chi connectivity index (χ2n) is 9.98. The quantitative estimate of drug-likeness (QED) is 0.614. The fraction of sp³-hybridized carbons (Fsp3) is 0.577. The normalized spacial score (nSPS) is 26.0. The number of nitrogens with one attached hydrogen (secondary N) is 2. The van der Waals surface area contributed by atoms with E-state index in [4.69, 9.17) is 0 Å². The van der Waals surface area contributed by atoms with Crippen LogP contribution in [-0.2, 0) is 25.6 Å². The number of aromatic nitrogens is 1. The Morgan fingerprint density at radius 3 is 2.66 bits per heavy atom. The van der Waals surface area contributed by atoms with Gasteiger partial charge in [0.05, 0.1) is 18.4 Å². The Morgan fingerprint density at radius 1 is 1.14 bits per heavy atom. The summed E-state index contributed by atoms with van der Waals surface area (Å²) in [5.41, 5.74) is 0.281. The first-order valence-corrected chi connectivity index (χ1v) is 12.5. The van der Waals surface area contributed by atoms with Crippen molar-refractivity contribution in [1.29, 1.82) is 0 Å². The molecule has 2 N–H and O–H groups in total. The van der Waals surface area contributed by atoms with E-state index in [2.05, 4.69) is 27.8 Å². The Morgan fingerprint density at radius 2 is 1.94 bits per heavy atom. The Bertz CT molecular complexity index is 971. The summed E-state index contributed by atoms with van der Waals surface area (Å²) < 4.78 is 0. The molecule has 3 aliphatic heterocycles. The van der Waals surface area contributed by atoms with Gasteiger partial charge in [0.2, 0.25) is 23.6 Å². The van der Waals surface area contributed by atoms with Crippen LogP contribution in [0.1, 0.15) is 44.6 Å². The molecule has 0 bridgehead atoms. The summed E-state index contributed by atoms with van der Waals surface area (Å²) >= 11 is 0. The molecule has 1 aromatic heterocycles. The number of nitrogens with zero attached hydrogens (tertiary/aromatic N) is 3. The van der Waals surface area contributed by atoms with Crippen LogP contribution in [0.5, 0.6) is 0 Å². The maximum absolute atomic E-state index is 13.1. The van der Waals surface area contributed by atoms with Crippen molar-refractivity contribution < 1.29 is 19.2 Å². The van der Waals surface area contributed by atoms with Crippen molar-refractivity contribution in [2.24, 2.45) is 11.3 Å². The standard InChI is InChI=1S/C26H35N5O4/c1-19(32)30-13-9-26(10-14-30)8-3-2-6-21-18-31(24(34)15-20-5-4-11-27-16-20)12-7-22(21)29-23(33)17-28-25(26)35/h2-5,11,16,21-22H,6-10,12-15,17-18H2,1H3,(H,28,35)(H,29,33)/b3-2+/t21-,22+/m0/s1. The molecular weight excluding hydrogens is 446 g/mol. The van der Waals surface area contributed by atoms with Crippen LogP contribution in [-0.4, -0.2) is 77.2 Å². The Hall–Kier alpha value is -3.23. The molecule has 1 spiro atoms. The summed E-state index contributed by atoms with van der Waals surface area (Å²) in [5.74, 6) is -0.124. The average Bonchev–Trinajstić information content (AvgIpc) is 2.86. The molecule has 4 amide bonds. The molecule has 0 aromatic carbocycles. The van der Waals surface area contributed by atoms with Crippen LogP contribution in [0.15, 0.2) is 36.7 Å². The Kier molecular flexibility index (Phi) is 7.83.